The second-order valence-corrected chi connectivity index (χ2v) is 9.02. The molecule has 0 radical (unpaired) electrons. The predicted molar refractivity (Wildman–Crippen MR) is 90.8 cm³/mol. The van der Waals surface area contributed by atoms with Gasteiger partial charge in [-0.15, -0.1) is 11.3 Å². The second kappa shape index (κ2) is 6.32. The third-order valence-electron chi connectivity index (χ3n) is 4.65. The van der Waals surface area contributed by atoms with Crippen molar-refractivity contribution >= 4 is 39.8 Å². The fourth-order valence-electron chi connectivity index (χ4n) is 3.52. The Balaban J connectivity index is 1.61. The lowest BCUT2D eigenvalue weighted by molar-refractivity contribution is -0.122. The summed E-state index contributed by atoms with van der Waals surface area (Å²) in [4.78, 5) is 12.8. The van der Waals surface area contributed by atoms with Crippen molar-refractivity contribution in [1.82, 2.24) is 5.32 Å². The molecule has 1 aromatic rings. The first-order valence-electron chi connectivity index (χ1n) is 7.47. The highest BCUT2D eigenvalue weighted by Crippen LogP contribution is 2.37. The Morgan fingerprint density at radius 1 is 1.30 bits per heavy atom. The number of carbonyl (C=O) groups excluding carboxylic acids is 1. The first-order valence-corrected chi connectivity index (χ1v) is 9.36. The summed E-state index contributed by atoms with van der Waals surface area (Å²) in [6, 6.07) is 3.43. The van der Waals surface area contributed by atoms with E-state index < -0.39 is 0 Å². The summed E-state index contributed by atoms with van der Waals surface area (Å²) in [6.45, 7) is 0. The van der Waals surface area contributed by atoms with Crippen LogP contribution in [0, 0.1) is 8.80 Å². The normalized spacial score (nSPS) is 29.9. The highest BCUT2D eigenvalue weighted by Gasteiger charge is 2.28. The summed E-state index contributed by atoms with van der Waals surface area (Å²) >= 11 is 4.38. The highest BCUT2D eigenvalue weighted by molar-refractivity contribution is 14.1. The molecule has 2 aliphatic carbocycles. The molecule has 0 bridgehead atoms. The molecule has 0 aliphatic heterocycles. The molecule has 1 amide bonds. The van der Waals surface area contributed by atoms with Crippen molar-refractivity contribution in [2.45, 2.75) is 57.0 Å². The zero-order chi connectivity index (χ0) is 14.1. The van der Waals surface area contributed by atoms with Crippen molar-refractivity contribution in [3.63, 3.8) is 0 Å². The number of primary amides is 1. The Hall–Kier alpha value is -0.140. The van der Waals surface area contributed by atoms with Gasteiger partial charge < -0.3 is 11.1 Å². The van der Waals surface area contributed by atoms with E-state index in [1.54, 1.807) is 4.88 Å². The quantitative estimate of drug-likeness (QED) is 0.760. The monoisotopic (exact) mass is 404 g/mol. The number of aryl methyl sites for hydroxylation is 1. The van der Waals surface area contributed by atoms with Crippen LogP contribution in [0.5, 0.6) is 0 Å². The van der Waals surface area contributed by atoms with Crippen LogP contribution in [0.25, 0.3) is 0 Å². The van der Waals surface area contributed by atoms with E-state index in [0.717, 1.165) is 25.7 Å². The van der Waals surface area contributed by atoms with E-state index in [9.17, 15) is 4.79 Å². The molecule has 1 fully saturated rings. The van der Waals surface area contributed by atoms with Crippen LogP contribution >= 0.6 is 33.9 Å². The molecule has 0 spiro atoms. The lowest BCUT2D eigenvalue weighted by Crippen LogP contribution is -2.39. The van der Waals surface area contributed by atoms with E-state index in [1.807, 2.05) is 11.3 Å². The van der Waals surface area contributed by atoms with Gasteiger partial charge in [0.05, 0.1) is 2.88 Å². The van der Waals surface area contributed by atoms with Gasteiger partial charge >= 0.3 is 0 Å². The fraction of sp³-hybridized carbons (Fsp3) is 0.667. The van der Waals surface area contributed by atoms with Gasteiger partial charge in [0.2, 0.25) is 5.91 Å². The molecule has 3 N–H and O–H groups in total. The Labute approximate surface area is 137 Å². The summed E-state index contributed by atoms with van der Waals surface area (Å²) in [5.74, 6) is -0.00662. The topological polar surface area (TPSA) is 55.1 Å². The summed E-state index contributed by atoms with van der Waals surface area (Å²) in [6.07, 6.45) is 7.85. The molecule has 1 saturated carbocycles. The van der Waals surface area contributed by atoms with Gasteiger partial charge in [-0.2, -0.15) is 0 Å². The maximum Gasteiger partial charge on any atom is 0.220 e. The number of thiophene rings is 1. The van der Waals surface area contributed by atoms with E-state index in [4.69, 9.17) is 5.73 Å². The van der Waals surface area contributed by atoms with Crippen LogP contribution in [0.15, 0.2) is 6.07 Å². The van der Waals surface area contributed by atoms with Gasteiger partial charge in [0.15, 0.2) is 0 Å². The molecule has 3 rings (SSSR count). The molecule has 0 saturated heterocycles. The second-order valence-electron chi connectivity index (χ2n) is 5.99. The number of hydrogen-bond acceptors (Lipinski definition) is 3. The van der Waals surface area contributed by atoms with Gasteiger partial charge in [-0.3, -0.25) is 4.79 Å². The number of carbonyl (C=O) groups is 1. The van der Waals surface area contributed by atoms with Crippen molar-refractivity contribution in [3.8, 4) is 0 Å². The minimum Gasteiger partial charge on any atom is -0.369 e. The summed E-state index contributed by atoms with van der Waals surface area (Å²) in [5.41, 5.74) is 6.93. The predicted octanol–water partition coefficient (Wildman–Crippen LogP) is 3.36. The molecule has 110 valence electrons. The molecule has 3 nitrogen and oxygen atoms in total. The summed E-state index contributed by atoms with van der Waals surface area (Å²) < 4.78 is 1.40. The number of amides is 1. The van der Waals surface area contributed by atoms with Gasteiger partial charge in [-0.05, 0) is 79.2 Å². The third kappa shape index (κ3) is 3.20. The number of rotatable bonds is 3. The SMILES string of the molecule is NC(=O)C1CCC(NC2CCCc3sc(I)cc32)CC1. The molecule has 1 heterocycles. The average Bonchev–Trinajstić information content (AvgIpc) is 2.81. The van der Waals surface area contributed by atoms with E-state index in [2.05, 4.69) is 34.0 Å². The molecule has 1 atom stereocenters. The van der Waals surface area contributed by atoms with Gasteiger partial charge in [0.1, 0.15) is 0 Å². The number of halogens is 1. The third-order valence-corrected chi connectivity index (χ3v) is 6.62. The minimum absolute atomic E-state index is 0.108. The molecule has 0 aromatic carbocycles. The molecule has 5 heteroatoms. The van der Waals surface area contributed by atoms with Crippen LogP contribution in [-0.2, 0) is 11.2 Å². The highest BCUT2D eigenvalue weighted by atomic mass is 127. The van der Waals surface area contributed by atoms with Gasteiger partial charge in [0.25, 0.3) is 0 Å². The Morgan fingerprint density at radius 3 is 2.75 bits per heavy atom. The summed E-state index contributed by atoms with van der Waals surface area (Å²) in [7, 11) is 0. The molecule has 2 aliphatic rings. The number of fused-ring (bicyclic) bond motifs is 1. The molecular formula is C15H21IN2OS. The maximum absolute atomic E-state index is 11.2. The largest absolute Gasteiger partial charge is 0.369 e. The molecule has 20 heavy (non-hydrogen) atoms. The maximum atomic E-state index is 11.2. The van der Waals surface area contributed by atoms with E-state index in [-0.39, 0.29) is 11.8 Å². The van der Waals surface area contributed by atoms with Crippen molar-refractivity contribution < 1.29 is 4.79 Å². The zero-order valence-electron chi connectivity index (χ0n) is 11.5. The van der Waals surface area contributed by atoms with Crippen LogP contribution in [0.1, 0.15) is 55.0 Å². The van der Waals surface area contributed by atoms with Crippen LogP contribution < -0.4 is 11.1 Å². The fourth-order valence-corrected chi connectivity index (χ4v) is 5.64. The lowest BCUT2D eigenvalue weighted by atomic mass is 9.84. The van der Waals surface area contributed by atoms with E-state index >= 15 is 0 Å². The Morgan fingerprint density at radius 2 is 2.05 bits per heavy atom. The Bertz CT molecular complexity index is 494. The zero-order valence-corrected chi connectivity index (χ0v) is 14.5. The number of nitrogens with two attached hydrogens (primary N) is 1. The van der Waals surface area contributed by atoms with Gasteiger partial charge in [0, 0.05) is 22.9 Å². The lowest BCUT2D eigenvalue weighted by Gasteiger charge is -2.33. The first kappa shape index (κ1) is 14.8. The van der Waals surface area contributed by atoms with Crippen LogP contribution in [0.2, 0.25) is 0 Å². The number of nitrogens with one attached hydrogen (secondary N) is 1. The first-order chi connectivity index (χ1) is 9.63. The van der Waals surface area contributed by atoms with Crippen LogP contribution in [-0.4, -0.2) is 11.9 Å². The van der Waals surface area contributed by atoms with Crippen molar-refractivity contribution in [3.05, 3.63) is 19.4 Å². The van der Waals surface area contributed by atoms with Crippen molar-refractivity contribution in [2.75, 3.05) is 0 Å². The standard InChI is InChI=1S/C15H21IN2OS/c16-14-8-11-12(2-1-3-13(11)20-14)18-10-6-4-9(5-7-10)15(17)19/h8-10,12,18H,1-7H2,(H2,17,19). The van der Waals surface area contributed by atoms with Gasteiger partial charge in [-0.1, -0.05) is 0 Å². The summed E-state index contributed by atoms with van der Waals surface area (Å²) in [5, 5.41) is 3.84. The van der Waals surface area contributed by atoms with E-state index in [0.29, 0.717) is 12.1 Å². The van der Waals surface area contributed by atoms with Gasteiger partial charge in [-0.25, -0.2) is 0 Å². The molecule has 1 unspecified atom stereocenters. The average molecular weight is 404 g/mol. The smallest absolute Gasteiger partial charge is 0.220 e. The molecular weight excluding hydrogens is 383 g/mol. The number of hydrogen-bond donors (Lipinski definition) is 2. The molecule has 1 aromatic heterocycles. The minimum atomic E-state index is -0.115. The van der Waals surface area contributed by atoms with Crippen molar-refractivity contribution in [1.29, 1.82) is 0 Å². The Kier molecular flexibility index (Phi) is 4.67. The van der Waals surface area contributed by atoms with E-state index in [1.165, 1.54) is 27.7 Å². The van der Waals surface area contributed by atoms with Crippen LogP contribution in [0.3, 0.4) is 0 Å². The van der Waals surface area contributed by atoms with Crippen LogP contribution in [0.4, 0.5) is 0 Å². The van der Waals surface area contributed by atoms with Crippen molar-refractivity contribution in [2.24, 2.45) is 11.7 Å².